The zero-order chi connectivity index (χ0) is 38.5. The highest BCUT2D eigenvalue weighted by atomic mass is 16.7. The van der Waals surface area contributed by atoms with Gasteiger partial charge in [0.15, 0.2) is 11.6 Å². The van der Waals surface area contributed by atoms with Gasteiger partial charge in [0.05, 0.1) is 60.2 Å². The molecule has 292 valence electrons. The number of ether oxygens (including phenoxy) is 3. The number of benzene rings is 2. The molecule has 3 atom stereocenters. The van der Waals surface area contributed by atoms with Crippen LogP contribution in [-0.4, -0.2) is 91.7 Å². The molecule has 6 aromatic rings. The molecule has 0 N–H and O–H groups in total. The van der Waals surface area contributed by atoms with Crippen LogP contribution < -0.4 is 15.2 Å². The summed E-state index contributed by atoms with van der Waals surface area (Å²) >= 11 is 0. The van der Waals surface area contributed by atoms with Crippen molar-refractivity contribution < 1.29 is 14.2 Å². The fraction of sp³-hybridized carbons (Fsp3) is 0.409. The Bertz CT molecular complexity index is 2470. The molecule has 57 heavy (non-hydrogen) atoms. The normalized spacial score (nSPS) is 21.1. The quantitative estimate of drug-likeness (QED) is 0.148. The van der Waals surface area contributed by atoms with Crippen LogP contribution in [-0.2, 0) is 16.0 Å². The number of aromatic nitrogens is 6. The van der Waals surface area contributed by atoms with Crippen LogP contribution in [0, 0.1) is 0 Å². The first-order chi connectivity index (χ1) is 28.0. The van der Waals surface area contributed by atoms with E-state index in [4.69, 9.17) is 39.3 Å². The zero-order valence-corrected chi connectivity index (χ0v) is 32.5. The van der Waals surface area contributed by atoms with Crippen molar-refractivity contribution in [2.24, 2.45) is 4.99 Å². The lowest BCUT2D eigenvalue weighted by atomic mass is 9.88. The van der Waals surface area contributed by atoms with Gasteiger partial charge in [0, 0.05) is 41.9 Å². The Morgan fingerprint density at radius 2 is 1.70 bits per heavy atom. The minimum atomic E-state index is -0.858. The third kappa shape index (κ3) is 6.28. The molecule has 2 aromatic carbocycles. The fourth-order valence-electron chi connectivity index (χ4n) is 9.45. The van der Waals surface area contributed by atoms with Gasteiger partial charge in [0.2, 0.25) is 0 Å². The maximum absolute atomic E-state index is 15.2. The Hall–Kier alpha value is -5.50. The second kappa shape index (κ2) is 14.8. The Labute approximate surface area is 330 Å². The van der Waals surface area contributed by atoms with Crippen molar-refractivity contribution in [2.45, 2.75) is 75.9 Å². The summed E-state index contributed by atoms with van der Waals surface area (Å²) in [6.45, 7) is 5.73. The molecule has 0 bridgehead atoms. The van der Waals surface area contributed by atoms with Crippen molar-refractivity contribution in [1.29, 1.82) is 0 Å². The summed E-state index contributed by atoms with van der Waals surface area (Å²) in [4.78, 5) is 40.0. The molecule has 1 aliphatic carbocycles. The summed E-state index contributed by atoms with van der Waals surface area (Å²) < 4.78 is 23.0. The molecule has 4 aliphatic rings. The fourth-order valence-corrected chi connectivity index (χ4v) is 9.45. The van der Waals surface area contributed by atoms with Crippen LogP contribution in [0.15, 0.2) is 95.0 Å². The summed E-state index contributed by atoms with van der Waals surface area (Å²) in [5.74, 6) is 0.386. The number of aliphatic imine (C=N–C) groups is 1. The average molecular weight is 766 g/mol. The van der Waals surface area contributed by atoms with Crippen LogP contribution in [0.4, 0.5) is 11.6 Å². The van der Waals surface area contributed by atoms with Gasteiger partial charge in [-0.2, -0.15) is 15.1 Å². The van der Waals surface area contributed by atoms with Crippen molar-refractivity contribution in [1.82, 2.24) is 34.2 Å². The summed E-state index contributed by atoms with van der Waals surface area (Å²) in [5, 5.41) is 5.58. The molecule has 4 aromatic heterocycles. The number of pyridine rings is 2. The number of hydrogen-bond acceptors (Lipinski definition) is 11. The Balaban J connectivity index is 1.14. The lowest BCUT2D eigenvalue weighted by molar-refractivity contribution is -0.205. The molecule has 13 nitrogen and oxygen atoms in total. The minimum absolute atomic E-state index is 0.192. The Morgan fingerprint density at radius 3 is 2.44 bits per heavy atom. The van der Waals surface area contributed by atoms with E-state index < -0.39 is 5.79 Å². The third-order valence-corrected chi connectivity index (χ3v) is 12.4. The van der Waals surface area contributed by atoms with Crippen LogP contribution in [0.5, 0.6) is 6.01 Å². The molecule has 1 spiro atoms. The van der Waals surface area contributed by atoms with Crippen LogP contribution in [0.1, 0.15) is 74.2 Å². The van der Waals surface area contributed by atoms with Crippen LogP contribution in [0.2, 0.25) is 0 Å². The molecular weight excluding hydrogens is 719 g/mol. The number of hydrogen-bond donors (Lipinski definition) is 0. The van der Waals surface area contributed by atoms with Gasteiger partial charge in [-0.15, -0.1) is 0 Å². The van der Waals surface area contributed by atoms with E-state index in [1.165, 1.54) is 0 Å². The van der Waals surface area contributed by atoms with E-state index in [9.17, 15) is 0 Å². The molecule has 13 heteroatoms. The second-order valence-electron chi connectivity index (χ2n) is 15.7. The number of anilines is 1. The van der Waals surface area contributed by atoms with Gasteiger partial charge in [0.1, 0.15) is 17.9 Å². The highest BCUT2D eigenvalue weighted by Crippen LogP contribution is 2.46. The molecule has 7 heterocycles. The number of rotatable bonds is 9. The van der Waals surface area contributed by atoms with E-state index >= 15 is 4.79 Å². The highest BCUT2D eigenvalue weighted by Gasteiger charge is 2.48. The van der Waals surface area contributed by atoms with Gasteiger partial charge in [0.25, 0.3) is 5.56 Å². The second-order valence-corrected chi connectivity index (χ2v) is 15.7. The van der Waals surface area contributed by atoms with Crippen molar-refractivity contribution in [2.75, 3.05) is 44.9 Å². The van der Waals surface area contributed by atoms with E-state index in [0.717, 1.165) is 78.5 Å². The first-order valence-corrected chi connectivity index (χ1v) is 20.3. The van der Waals surface area contributed by atoms with Gasteiger partial charge in [-0.1, -0.05) is 73.2 Å². The van der Waals surface area contributed by atoms with Gasteiger partial charge >= 0.3 is 6.01 Å². The lowest BCUT2D eigenvalue weighted by Gasteiger charge is -2.40. The standard InChI is InChI=1S/C44H47N9O4/c1-29(33-18-11-21-45-40(33)47-37(30-13-5-3-6-14-30)31-15-7-4-8-16-31)51-23-24-52-39-34(27-46-52)53(35-19-9-10-20-44(35)56-25-26-57-44)42(54)38-36(39)41(51)49-43(48-38)55-28-32-17-12-22-50(32)2/h3-8,11,13-16,18,21,27,29,32,35H,9-10,12,17,19-20,22-26,28H2,1-2H3/t29?,32-,35?/m0/s1. The van der Waals surface area contributed by atoms with E-state index in [1.807, 2.05) is 57.9 Å². The van der Waals surface area contributed by atoms with Crippen LogP contribution in [0.3, 0.4) is 0 Å². The van der Waals surface area contributed by atoms with E-state index in [0.29, 0.717) is 55.4 Å². The van der Waals surface area contributed by atoms with E-state index in [1.54, 1.807) is 6.20 Å². The number of likely N-dealkylation sites (tertiary alicyclic amines) is 1. The largest absolute Gasteiger partial charge is 0.462 e. The molecule has 2 unspecified atom stereocenters. The van der Waals surface area contributed by atoms with Crippen molar-refractivity contribution in [3.05, 3.63) is 112 Å². The van der Waals surface area contributed by atoms with Crippen molar-refractivity contribution in [3.63, 3.8) is 0 Å². The number of likely N-dealkylation sites (N-methyl/N-ethyl adjacent to an activating group) is 1. The predicted molar refractivity (Wildman–Crippen MR) is 219 cm³/mol. The number of nitrogens with zero attached hydrogens (tertiary/aromatic N) is 9. The maximum Gasteiger partial charge on any atom is 0.319 e. The third-order valence-electron chi connectivity index (χ3n) is 12.4. The van der Waals surface area contributed by atoms with E-state index in [-0.39, 0.29) is 29.7 Å². The highest BCUT2D eigenvalue weighted by molar-refractivity contribution is 6.14. The SMILES string of the molecule is CC(c1cccnc1N=C(c1ccccc1)c1ccccc1)N1CCn2ncc3c2c2c1nc(OC[C@@H]1CCCN1C)nc2c(=O)n3C1CCCCC12OCCO2. The Morgan fingerprint density at radius 1 is 0.930 bits per heavy atom. The van der Waals surface area contributed by atoms with Gasteiger partial charge in [-0.25, -0.2) is 9.98 Å². The van der Waals surface area contributed by atoms with Crippen LogP contribution >= 0.6 is 0 Å². The molecule has 0 amide bonds. The topological polar surface area (TPSA) is 125 Å². The summed E-state index contributed by atoms with van der Waals surface area (Å²) in [6.07, 6.45) is 9.19. The molecular formula is C44H47N9O4. The van der Waals surface area contributed by atoms with Crippen molar-refractivity contribution in [3.8, 4) is 6.01 Å². The summed E-state index contributed by atoms with van der Waals surface area (Å²) in [5.41, 5.74) is 5.40. The lowest BCUT2D eigenvalue weighted by Crippen LogP contribution is -2.46. The van der Waals surface area contributed by atoms with Crippen LogP contribution in [0.25, 0.3) is 21.9 Å². The molecule has 0 radical (unpaired) electrons. The predicted octanol–water partition coefficient (Wildman–Crippen LogP) is 6.62. The molecule has 1 saturated carbocycles. The first-order valence-electron chi connectivity index (χ1n) is 20.3. The first kappa shape index (κ1) is 35.9. The van der Waals surface area contributed by atoms with Gasteiger partial charge in [-0.05, 0) is 52.3 Å². The maximum atomic E-state index is 15.2. The molecule has 2 saturated heterocycles. The smallest absolute Gasteiger partial charge is 0.319 e. The molecule has 10 rings (SSSR count). The zero-order valence-electron chi connectivity index (χ0n) is 32.5. The molecule has 3 aliphatic heterocycles. The van der Waals surface area contributed by atoms with Crippen molar-refractivity contribution >= 4 is 39.3 Å². The average Bonchev–Trinajstić information content (AvgIpc) is 3.98. The Kier molecular flexibility index (Phi) is 9.30. The minimum Gasteiger partial charge on any atom is -0.462 e. The monoisotopic (exact) mass is 765 g/mol. The summed E-state index contributed by atoms with van der Waals surface area (Å²) in [6, 6.07) is 24.3. The van der Waals surface area contributed by atoms with Gasteiger partial charge in [-0.3, -0.25) is 14.0 Å². The van der Waals surface area contributed by atoms with E-state index in [2.05, 4.69) is 54.1 Å². The summed E-state index contributed by atoms with van der Waals surface area (Å²) in [7, 11) is 2.12. The van der Waals surface area contributed by atoms with Gasteiger partial charge < -0.3 is 24.0 Å². The molecule has 3 fully saturated rings.